The summed E-state index contributed by atoms with van der Waals surface area (Å²) < 4.78 is 11.8. The van der Waals surface area contributed by atoms with Crippen LogP contribution in [0.25, 0.3) is 44.8 Å². The van der Waals surface area contributed by atoms with Gasteiger partial charge >= 0.3 is 0 Å². The Morgan fingerprint density at radius 2 is 1.27 bits per heavy atom. The van der Waals surface area contributed by atoms with Gasteiger partial charge in [-0.15, -0.1) is 0 Å². The van der Waals surface area contributed by atoms with Crippen molar-refractivity contribution >= 4 is 22.1 Å². The van der Waals surface area contributed by atoms with E-state index in [0.717, 1.165) is 70.6 Å². The predicted octanol–water partition coefficient (Wildman–Crippen LogP) is 5.31. The zero-order valence-corrected chi connectivity index (χ0v) is 23.5. The molecular formula is C31H35N7O2. The molecule has 0 radical (unpaired) electrons. The SMILES string of the molecule is CN(C)CCCOc1ccc2nc(-c3ccc(-c4nc5ccc(OCCCN(C)C)cc5[nH]4)c(C#N)c3)[nH]c2c1. The molecule has 0 aliphatic heterocycles. The summed E-state index contributed by atoms with van der Waals surface area (Å²) in [7, 11) is 8.22. The Hall–Kier alpha value is -4.39. The van der Waals surface area contributed by atoms with Gasteiger partial charge in [0, 0.05) is 36.3 Å². The highest BCUT2D eigenvalue weighted by molar-refractivity contribution is 5.84. The molecule has 0 saturated carbocycles. The lowest BCUT2D eigenvalue weighted by Gasteiger charge is -2.10. The van der Waals surface area contributed by atoms with E-state index in [4.69, 9.17) is 19.4 Å². The van der Waals surface area contributed by atoms with Crippen LogP contribution in [0.15, 0.2) is 54.6 Å². The number of aromatic amines is 2. The van der Waals surface area contributed by atoms with Gasteiger partial charge < -0.3 is 29.2 Å². The topological polar surface area (TPSA) is 106 Å². The van der Waals surface area contributed by atoms with Gasteiger partial charge in [0.25, 0.3) is 0 Å². The Balaban J connectivity index is 1.33. The minimum absolute atomic E-state index is 0.516. The molecule has 0 bridgehead atoms. The average molecular weight is 538 g/mol. The van der Waals surface area contributed by atoms with E-state index in [0.29, 0.717) is 30.4 Å². The minimum atomic E-state index is 0.516. The van der Waals surface area contributed by atoms with Crippen LogP contribution in [0.5, 0.6) is 11.5 Å². The number of H-pyrrole nitrogens is 2. The van der Waals surface area contributed by atoms with Crippen LogP contribution in [-0.4, -0.2) is 84.2 Å². The maximum atomic E-state index is 9.98. The van der Waals surface area contributed by atoms with Crippen LogP contribution in [0.1, 0.15) is 18.4 Å². The monoisotopic (exact) mass is 537 g/mol. The highest BCUT2D eigenvalue weighted by Gasteiger charge is 2.14. The third kappa shape index (κ3) is 6.42. The molecule has 2 heterocycles. The van der Waals surface area contributed by atoms with Gasteiger partial charge in [-0.1, -0.05) is 6.07 Å². The van der Waals surface area contributed by atoms with Gasteiger partial charge in [0.1, 0.15) is 23.1 Å². The average Bonchev–Trinajstić information content (AvgIpc) is 3.56. The smallest absolute Gasteiger partial charge is 0.139 e. The van der Waals surface area contributed by atoms with E-state index in [1.165, 1.54) is 0 Å². The van der Waals surface area contributed by atoms with Crippen molar-refractivity contribution in [2.45, 2.75) is 12.8 Å². The lowest BCUT2D eigenvalue weighted by Crippen LogP contribution is -2.15. The van der Waals surface area contributed by atoms with E-state index < -0.39 is 0 Å². The van der Waals surface area contributed by atoms with Gasteiger partial charge in [0.05, 0.1) is 46.9 Å². The molecule has 3 aromatic carbocycles. The van der Waals surface area contributed by atoms with Crippen LogP contribution >= 0.6 is 0 Å². The van der Waals surface area contributed by atoms with Gasteiger partial charge in [0.2, 0.25) is 0 Å². The maximum absolute atomic E-state index is 9.98. The summed E-state index contributed by atoms with van der Waals surface area (Å²) in [5, 5.41) is 9.98. The van der Waals surface area contributed by atoms with Crippen molar-refractivity contribution in [3.05, 3.63) is 60.2 Å². The predicted molar refractivity (Wildman–Crippen MR) is 159 cm³/mol. The van der Waals surface area contributed by atoms with Crippen LogP contribution in [0.2, 0.25) is 0 Å². The first kappa shape index (κ1) is 27.2. The molecule has 0 unspecified atom stereocenters. The molecule has 0 spiro atoms. The number of aromatic nitrogens is 4. The molecule has 206 valence electrons. The molecule has 5 aromatic rings. The zero-order chi connectivity index (χ0) is 28.1. The van der Waals surface area contributed by atoms with Crippen molar-refractivity contribution in [1.29, 1.82) is 5.26 Å². The highest BCUT2D eigenvalue weighted by atomic mass is 16.5. The second kappa shape index (κ2) is 12.2. The molecule has 2 N–H and O–H groups in total. The van der Waals surface area contributed by atoms with Gasteiger partial charge in [0.15, 0.2) is 0 Å². The molecule has 0 atom stereocenters. The third-order valence-corrected chi connectivity index (χ3v) is 6.61. The molecule has 0 fully saturated rings. The Kier molecular flexibility index (Phi) is 8.29. The van der Waals surface area contributed by atoms with Crippen molar-refractivity contribution in [2.75, 3.05) is 54.5 Å². The summed E-state index contributed by atoms with van der Waals surface area (Å²) in [6.45, 7) is 3.26. The Morgan fingerprint density at radius 3 is 1.82 bits per heavy atom. The molecule has 40 heavy (non-hydrogen) atoms. The standard InChI is InChI=1S/C31H35N7O2/c1-37(2)13-5-15-39-23-8-11-26-28(18-23)35-30(33-26)21-7-10-25(22(17-21)20-32)31-34-27-12-9-24(19-29(27)36-31)40-16-6-14-38(3)4/h7-12,17-19H,5-6,13-16H2,1-4H3,(H,33,35)(H,34,36). The lowest BCUT2D eigenvalue weighted by atomic mass is 10.0. The first-order chi connectivity index (χ1) is 19.4. The number of benzene rings is 3. The first-order valence-corrected chi connectivity index (χ1v) is 13.5. The number of hydrogen-bond donors (Lipinski definition) is 2. The third-order valence-electron chi connectivity index (χ3n) is 6.61. The fourth-order valence-corrected chi connectivity index (χ4v) is 4.55. The lowest BCUT2D eigenvalue weighted by molar-refractivity contribution is 0.282. The summed E-state index contributed by atoms with van der Waals surface area (Å²) in [6.07, 6.45) is 1.91. The number of hydrogen-bond acceptors (Lipinski definition) is 7. The number of ether oxygens (including phenoxy) is 2. The van der Waals surface area contributed by atoms with Gasteiger partial charge in [-0.2, -0.15) is 5.26 Å². The number of rotatable bonds is 12. The number of fused-ring (bicyclic) bond motifs is 2. The van der Waals surface area contributed by atoms with Crippen LogP contribution in [-0.2, 0) is 0 Å². The molecule has 5 rings (SSSR count). The minimum Gasteiger partial charge on any atom is -0.493 e. The van der Waals surface area contributed by atoms with Crippen LogP contribution < -0.4 is 9.47 Å². The van der Waals surface area contributed by atoms with Crippen LogP contribution in [0, 0.1) is 11.3 Å². The van der Waals surface area contributed by atoms with Crippen molar-refractivity contribution < 1.29 is 9.47 Å². The number of nitrogens with zero attached hydrogens (tertiary/aromatic N) is 5. The van der Waals surface area contributed by atoms with Crippen molar-refractivity contribution in [2.24, 2.45) is 0 Å². The number of nitriles is 1. The molecule has 0 saturated heterocycles. The summed E-state index contributed by atoms with van der Waals surface area (Å²) in [4.78, 5) is 20.5. The molecule has 0 aliphatic carbocycles. The van der Waals surface area contributed by atoms with E-state index in [1.54, 1.807) is 0 Å². The second-order valence-electron chi connectivity index (χ2n) is 10.4. The van der Waals surface area contributed by atoms with Crippen molar-refractivity contribution in [3.8, 4) is 40.3 Å². The van der Waals surface area contributed by atoms with E-state index >= 15 is 0 Å². The summed E-state index contributed by atoms with van der Waals surface area (Å²) in [6, 6.07) is 19.7. The first-order valence-electron chi connectivity index (χ1n) is 13.5. The van der Waals surface area contributed by atoms with Gasteiger partial charge in [-0.3, -0.25) is 0 Å². The van der Waals surface area contributed by atoms with E-state index in [1.807, 2.05) is 54.6 Å². The quantitative estimate of drug-likeness (QED) is 0.208. The Morgan fingerprint density at radius 1 is 0.725 bits per heavy atom. The van der Waals surface area contributed by atoms with Crippen LogP contribution in [0.3, 0.4) is 0 Å². The Labute approximate surface area is 234 Å². The fraction of sp³-hybridized carbons (Fsp3) is 0.323. The molecule has 0 aliphatic rings. The summed E-state index contributed by atoms with van der Waals surface area (Å²) in [5.41, 5.74) is 5.50. The highest BCUT2D eigenvalue weighted by Crippen LogP contribution is 2.30. The zero-order valence-electron chi connectivity index (χ0n) is 23.5. The van der Waals surface area contributed by atoms with Gasteiger partial charge in [-0.05, 0) is 77.4 Å². The molecule has 9 heteroatoms. The maximum Gasteiger partial charge on any atom is 0.139 e. The molecular weight excluding hydrogens is 502 g/mol. The summed E-state index contributed by atoms with van der Waals surface area (Å²) >= 11 is 0. The largest absolute Gasteiger partial charge is 0.493 e. The van der Waals surface area contributed by atoms with Crippen molar-refractivity contribution in [3.63, 3.8) is 0 Å². The van der Waals surface area contributed by atoms with Gasteiger partial charge in [-0.25, -0.2) is 9.97 Å². The second-order valence-corrected chi connectivity index (χ2v) is 10.4. The van der Waals surface area contributed by atoms with Crippen LogP contribution in [0.4, 0.5) is 0 Å². The summed E-state index contributed by atoms with van der Waals surface area (Å²) in [5.74, 6) is 2.94. The fourth-order valence-electron chi connectivity index (χ4n) is 4.55. The van der Waals surface area contributed by atoms with E-state index in [2.05, 4.69) is 54.0 Å². The molecule has 0 amide bonds. The van der Waals surface area contributed by atoms with E-state index in [9.17, 15) is 5.26 Å². The van der Waals surface area contributed by atoms with E-state index in [-0.39, 0.29) is 0 Å². The Bertz CT molecular complexity index is 1650. The number of imidazole rings is 2. The van der Waals surface area contributed by atoms with Crippen molar-refractivity contribution in [1.82, 2.24) is 29.7 Å². The number of nitrogens with one attached hydrogen (secondary N) is 2. The normalized spacial score (nSPS) is 11.5. The molecule has 9 nitrogen and oxygen atoms in total. The molecule has 2 aromatic heterocycles.